The third kappa shape index (κ3) is 3.94. The second-order valence-corrected chi connectivity index (χ2v) is 7.12. The molecule has 0 atom stereocenters. The molecule has 0 amide bonds. The summed E-state index contributed by atoms with van der Waals surface area (Å²) in [5.41, 5.74) is 1.83. The average molecular weight is 363 g/mol. The SMILES string of the molecule is C(#Cc1csc(N2CCCCC2)n1)CCNc1ncnc2ccccc12. The molecule has 1 saturated heterocycles. The molecule has 6 heteroatoms. The highest BCUT2D eigenvalue weighted by atomic mass is 32.1. The van der Waals surface area contributed by atoms with E-state index in [1.807, 2.05) is 24.3 Å². The zero-order chi connectivity index (χ0) is 17.6. The highest BCUT2D eigenvalue weighted by Gasteiger charge is 2.13. The highest BCUT2D eigenvalue weighted by Crippen LogP contribution is 2.23. The Morgan fingerprint density at radius 2 is 2.00 bits per heavy atom. The van der Waals surface area contributed by atoms with Gasteiger partial charge in [0, 0.05) is 36.8 Å². The Kier molecular flexibility index (Phi) is 5.27. The second kappa shape index (κ2) is 8.15. The number of nitrogens with zero attached hydrogens (tertiary/aromatic N) is 4. The van der Waals surface area contributed by atoms with Crippen LogP contribution in [0.15, 0.2) is 36.0 Å². The second-order valence-electron chi connectivity index (χ2n) is 6.28. The van der Waals surface area contributed by atoms with Crippen LogP contribution in [0.3, 0.4) is 0 Å². The molecule has 5 nitrogen and oxygen atoms in total. The summed E-state index contributed by atoms with van der Waals surface area (Å²) in [5.74, 6) is 7.24. The molecule has 1 aliphatic rings. The topological polar surface area (TPSA) is 53.9 Å². The molecular formula is C20H21N5S. The Labute approximate surface area is 157 Å². The van der Waals surface area contributed by atoms with Gasteiger partial charge in [0.1, 0.15) is 17.8 Å². The monoisotopic (exact) mass is 363 g/mol. The van der Waals surface area contributed by atoms with Crippen molar-refractivity contribution >= 4 is 33.2 Å². The van der Waals surface area contributed by atoms with E-state index in [1.165, 1.54) is 19.3 Å². The van der Waals surface area contributed by atoms with E-state index in [0.717, 1.165) is 53.6 Å². The minimum absolute atomic E-state index is 0.745. The predicted octanol–water partition coefficient (Wildman–Crippen LogP) is 3.93. The number of hydrogen-bond acceptors (Lipinski definition) is 6. The normalized spacial score (nSPS) is 14.1. The van der Waals surface area contributed by atoms with Crippen molar-refractivity contribution in [3.63, 3.8) is 0 Å². The number of thiazole rings is 1. The maximum absolute atomic E-state index is 4.66. The van der Waals surface area contributed by atoms with Crippen molar-refractivity contribution in [1.82, 2.24) is 15.0 Å². The lowest BCUT2D eigenvalue weighted by atomic mass is 10.1. The van der Waals surface area contributed by atoms with E-state index in [2.05, 4.69) is 42.4 Å². The van der Waals surface area contributed by atoms with Gasteiger partial charge < -0.3 is 10.2 Å². The van der Waals surface area contributed by atoms with Gasteiger partial charge in [-0.2, -0.15) is 0 Å². The van der Waals surface area contributed by atoms with Crippen LogP contribution in [0.2, 0.25) is 0 Å². The summed E-state index contributed by atoms with van der Waals surface area (Å²) in [6.45, 7) is 2.99. The average Bonchev–Trinajstić information content (AvgIpc) is 3.17. The fraction of sp³-hybridized carbons (Fsp3) is 0.350. The molecule has 1 aromatic carbocycles. The lowest BCUT2D eigenvalue weighted by Crippen LogP contribution is -2.29. The lowest BCUT2D eigenvalue weighted by molar-refractivity contribution is 0.577. The molecule has 0 spiro atoms. The van der Waals surface area contributed by atoms with Gasteiger partial charge in [0.15, 0.2) is 5.13 Å². The third-order valence-corrected chi connectivity index (χ3v) is 5.32. The molecule has 0 radical (unpaired) electrons. The van der Waals surface area contributed by atoms with E-state index in [9.17, 15) is 0 Å². The van der Waals surface area contributed by atoms with Gasteiger partial charge in [0.25, 0.3) is 0 Å². The van der Waals surface area contributed by atoms with Gasteiger partial charge in [-0.1, -0.05) is 18.1 Å². The first-order valence-electron chi connectivity index (χ1n) is 9.03. The number of rotatable bonds is 4. The summed E-state index contributed by atoms with van der Waals surface area (Å²) in [5, 5.41) is 7.56. The van der Waals surface area contributed by atoms with Crippen molar-refractivity contribution in [2.75, 3.05) is 29.9 Å². The van der Waals surface area contributed by atoms with Gasteiger partial charge in [0.2, 0.25) is 0 Å². The molecule has 0 aliphatic carbocycles. The Bertz CT molecular complexity index is 929. The smallest absolute Gasteiger partial charge is 0.186 e. The van der Waals surface area contributed by atoms with Gasteiger partial charge in [-0.05, 0) is 37.3 Å². The molecule has 4 rings (SSSR count). The predicted molar refractivity (Wildman–Crippen MR) is 108 cm³/mol. The standard InChI is InChI=1S/C20H21N5S/c1-6-12-25(13-7-1)20-24-16(14-26-20)8-4-5-11-21-19-17-9-2-3-10-18(17)22-15-23-19/h2-3,9-10,14-15H,1,5-7,11-13H2,(H,21,22,23). The molecule has 2 aromatic heterocycles. The Hall–Kier alpha value is -2.65. The largest absolute Gasteiger partial charge is 0.368 e. The highest BCUT2D eigenvalue weighted by molar-refractivity contribution is 7.13. The zero-order valence-corrected chi connectivity index (χ0v) is 15.4. The summed E-state index contributed by atoms with van der Waals surface area (Å²) in [6.07, 6.45) is 6.21. The van der Waals surface area contributed by atoms with E-state index < -0.39 is 0 Å². The number of para-hydroxylation sites is 1. The molecule has 3 aromatic rings. The van der Waals surface area contributed by atoms with E-state index in [1.54, 1.807) is 17.7 Å². The molecule has 132 valence electrons. The number of benzene rings is 1. The van der Waals surface area contributed by atoms with Crippen molar-refractivity contribution in [3.05, 3.63) is 41.7 Å². The van der Waals surface area contributed by atoms with Crippen molar-refractivity contribution in [2.24, 2.45) is 0 Å². The van der Waals surface area contributed by atoms with Crippen LogP contribution in [0.1, 0.15) is 31.4 Å². The maximum atomic E-state index is 4.66. The van der Waals surface area contributed by atoms with Crippen molar-refractivity contribution in [2.45, 2.75) is 25.7 Å². The van der Waals surface area contributed by atoms with Gasteiger partial charge in [-0.3, -0.25) is 0 Å². The van der Waals surface area contributed by atoms with Crippen LogP contribution < -0.4 is 10.2 Å². The Balaban J connectivity index is 1.32. The quantitative estimate of drug-likeness (QED) is 0.562. The summed E-state index contributed by atoms with van der Waals surface area (Å²) < 4.78 is 0. The zero-order valence-electron chi connectivity index (χ0n) is 14.6. The molecule has 0 unspecified atom stereocenters. The van der Waals surface area contributed by atoms with E-state index in [0.29, 0.717) is 0 Å². The van der Waals surface area contributed by atoms with Crippen molar-refractivity contribution < 1.29 is 0 Å². The van der Waals surface area contributed by atoms with E-state index in [-0.39, 0.29) is 0 Å². The molecule has 1 fully saturated rings. The first kappa shape index (κ1) is 16.8. The van der Waals surface area contributed by atoms with Crippen LogP contribution in [-0.2, 0) is 0 Å². The molecule has 3 heterocycles. The fourth-order valence-corrected chi connectivity index (χ4v) is 3.91. The minimum Gasteiger partial charge on any atom is -0.368 e. The first-order chi connectivity index (χ1) is 12.9. The molecule has 0 bridgehead atoms. The summed E-state index contributed by atoms with van der Waals surface area (Å²) >= 11 is 1.70. The van der Waals surface area contributed by atoms with Crippen LogP contribution in [0.25, 0.3) is 10.9 Å². The number of hydrogen-bond donors (Lipinski definition) is 1. The molecule has 1 aliphatic heterocycles. The van der Waals surface area contributed by atoms with Crippen molar-refractivity contribution in [3.8, 4) is 11.8 Å². The maximum Gasteiger partial charge on any atom is 0.186 e. The lowest BCUT2D eigenvalue weighted by Gasteiger charge is -2.25. The summed E-state index contributed by atoms with van der Waals surface area (Å²) in [7, 11) is 0. The van der Waals surface area contributed by atoms with Gasteiger partial charge in [-0.25, -0.2) is 15.0 Å². The van der Waals surface area contributed by atoms with Gasteiger partial charge >= 0.3 is 0 Å². The van der Waals surface area contributed by atoms with Crippen LogP contribution in [0.4, 0.5) is 10.9 Å². The molecular weight excluding hydrogens is 342 g/mol. The van der Waals surface area contributed by atoms with E-state index in [4.69, 9.17) is 0 Å². The number of anilines is 2. The Morgan fingerprint density at radius 1 is 1.12 bits per heavy atom. The third-order valence-electron chi connectivity index (χ3n) is 4.42. The summed E-state index contributed by atoms with van der Waals surface area (Å²) in [4.78, 5) is 15.6. The van der Waals surface area contributed by atoms with Crippen LogP contribution in [0.5, 0.6) is 0 Å². The molecule has 1 N–H and O–H groups in total. The number of aromatic nitrogens is 3. The minimum atomic E-state index is 0.745. The van der Waals surface area contributed by atoms with Crippen molar-refractivity contribution in [1.29, 1.82) is 0 Å². The van der Waals surface area contributed by atoms with Crippen LogP contribution in [-0.4, -0.2) is 34.6 Å². The number of nitrogens with one attached hydrogen (secondary N) is 1. The van der Waals surface area contributed by atoms with Gasteiger partial charge in [-0.15, -0.1) is 11.3 Å². The van der Waals surface area contributed by atoms with E-state index >= 15 is 0 Å². The molecule has 26 heavy (non-hydrogen) atoms. The number of fused-ring (bicyclic) bond motifs is 1. The van der Waals surface area contributed by atoms with Crippen LogP contribution >= 0.6 is 11.3 Å². The summed E-state index contributed by atoms with van der Waals surface area (Å²) in [6, 6.07) is 8.00. The fourth-order valence-electron chi connectivity index (χ4n) is 3.09. The first-order valence-corrected chi connectivity index (χ1v) is 9.91. The number of piperidine rings is 1. The van der Waals surface area contributed by atoms with Crippen LogP contribution in [0, 0.1) is 11.8 Å². The van der Waals surface area contributed by atoms with Gasteiger partial charge in [0.05, 0.1) is 5.52 Å². The Morgan fingerprint density at radius 3 is 2.92 bits per heavy atom. The molecule has 0 saturated carbocycles.